The molecule has 0 bridgehead atoms. The lowest BCUT2D eigenvalue weighted by molar-refractivity contribution is 0.102. The molecule has 0 aliphatic carbocycles. The molecule has 0 spiro atoms. The molecule has 0 saturated carbocycles. The Kier molecular flexibility index (Phi) is 7.18. The minimum Gasteiger partial charge on any atom is -0.377 e. The first-order valence-electron chi connectivity index (χ1n) is 10.5. The Bertz CT molecular complexity index is 1240. The summed E-state index contributed by atoms with van der Waals surface area (Å²) in [6, 6.07) is 12.1. The van der Waals surface area contributed by atoms with Gasteiger partial charge in [0.15, 0.2) is 5.13 Å². The van der Waals surface area contributed by atoms with Crippen LogP contribution in [0.4, 0.5) is 9.52 Å². The lowest BCUT2D eigenvalue weighted by Gasteiger charge is -2.12. The maximum absolute atomic E-state index is 13.1. The van der Waals surface area contributed by atoms with Crippen molar-refractivity contribution in [3.8, 4) is 0 Å². The molecule has 2 N–H and O–H groups in total. The Balaban J connectivity index is 1.43. The third-order valence-electron chi connectivity index (χ3n) is 5.32. The Labute approximate surface area is 196 Å². The van der Waals surface area contributed by atoms with E-state index in [0.29, 0.717) is 18.2 Å². The van der Waals surface area contributed by atoms with Crippen molar-refractivity contribution in [3.05, 3.63) is 76.0 Å². The number of benzene rings is 2. The number of hydrogen-bond donors (Lipinski definition) is 2. The largest absolute Gasteiger partial charge is 0.377 e. The second-order valence-electron chi connectivity index (χ2n) is 7.80. The first kappa shape index (κ1) is 23.5. The lowest BCUT2D eigenvalue weighted by Crippen LogP contribution is -2.32. The lowest BCUT2D eigenvalue weighted by atomic mass is 10.1. The molecule has 1 aliphatic rings. The number of ether oxygens (including phenoxy) is 1. The molecule has 33 heavy (non-hydrogen) atoms. The van der Waals surface area contributed by atoms with Gasteiger partial charge in [0.25, 0.3) is 5.91 Å². The number of anilines is 1. The van der Waals surface area contributed by atoms with Gasteiger partial charge in [-0.05, 0) is 55.7 Å². The van der Waals surface area contributed by atoms with E-state index in [4.69, 9.17) is 4.74 Å². The van der Waals surface area contributed by atoms with Gasteiger partial charge < -0.3 is 4.74 Å². The Morgan fingerprint density at radius 3 is 2.76 bits per heavy atom. The smallest absolute Gasteiger partial charge is 0.257 e. The molecule has 1 atom stereocenters. The van der Waals surface area contributed by atoms with Crippen LogP contribution in [0.15, 0.2) is 53.4 Å². The number of carbonyl (C=O) groups excluding carboxylic acids is 1. The van der Waals surface area contributed by atoms with Crippen molar-refractivity contribution in [1.82, 2.24) is 9.71 Å². The van der Waals surface area contributed by atoms with Crippen LogP contribution in [0.1, 0.15) is 39.3 Å². The van der Waals surface area contributed by atoms with Gasteiger partial charge in [-0.2, -0.15) is 0 Å². The van der Waals surface area contributed by atoms with E-state index in [9.17, 15) is 17.6 Å². The van der Waals surface area contributed by atoms with E-state index in [1.807, 2.05) is 6.92 Å². The summed E-state index contributed by atoms with van der Waals surface area (Å²) in [5.74, 6) is -0.743. The topological polar surface area (TPSA) is 97.4 Å². The van der Waals surface area contributed by atoms with Crippen molar-refractivity contribution >= 4 is 32.4 Å². The molecule has 1 aromatic heterocycles. The quantitative estimate of drug-likeness (QED) is 0.500. The monoisotopic (exact) mass is 489 g/mol. The summed E-state index contributed by atoms with van der Waals surface area (Å²) in [7, 11) is -3.77. The average Bonchev–Trinajstić information content (AvgIpc) is 3.44. The summed E-state index contributed by atoms with van der Waals surface area (Å²) in [6.07, 6.45) is 2.19. The van der Waals surface area contributed by atoms with E-state index in [1.54, 1.807) is 18.2 Å². The zero-order chi connectivity index (χ0) is 23.4. The average molecular weight is 490 g/mol. The standard InChI is InChI=1S/C23H24FN3O4S2/c1-15-21(12-16-7-9-18(24)10-8-16)32-23(26-15)27-22(28)17-4-2-6-20(13-17)33(29,30)25-14-19-5-3-11-31-19/h2,4,6-10,13,19,25H,3,5,11-12,14H2,1H3,(H,26,27,28). The Morgan fingerprint density at radius 2 is 2.03 bits per heavy atom. The summed E-state index contributed by atoms with van der Waals surface area (Å²) in [5, 5.41) is 3.16. The number of aryl methyl sites for hydroxylation is 1. The van der Waals surface area contributed by atoms with Crippen LogP contribution in [-0.4, -0.2) is 38.6 Å². The SMILES string of the molecule is Cc1nc(NC(=O)c2cccc(S(=O)(=O)NCC3CCCO3)c2)sc1Cc1ccc(F)cc1. The highest BCUT2D eigenvalue weighted by Crippen LogP contribution is 2.26. The van der Waals surface area contributed by atoms with Crippen LogP contribution in [0.2, 0.25) is 0 Å². The van der Waals surface area contributed by atoms with E-state index >= 15 is 0 Å². The van der Waals surface area contributed by atoms with E-state index in [2.05, 4.69) is 15.0 Å². The molecule has 2 aromatic carbocycles. The van der Waals surface area contributed by atoms with Gasteiger partial charge in [-0.1, -0.05) is 18.2 Å². The number of halogens is 1. The molecule has 1 amide bonds. The maximum Gasteiger partial charge on any atom is 0.257 e. The summed E-state index contributed by atoms with van der Waals surface area (Å²) in [4.78, 5) is 18.1. The third kappa shape index (κ3) is 6.02. The van der Waals surface area contributed by atoms with E-state index in [-0.39, 0.29) is 28.9 Å². The number of nitrogens with zero attached hydrogens (tertiary/aromatic N) is 1. The molecule has 3 aromatic rings. The molecule has 1 unspecified atom stereocenters. The van der Waals surface area contributed by atoms with Gasteiger partial charge in [0.2, 0.25) is 10.0 Å². The van der Waals surface area contributed by atoms with Crippen molar-refractivity contribution in [3.63, 3.8) is 0 Å². The Hall–Kier alpha value is -2.66. The highest BCUT2D eigenvalue weighted by molar-refractivity contribution is 7.89. The van der Waals surface area contributed by atoms with Crippen molar-refractivity contribution < 1.29 is 22.3 Å². The molecular formula is C23H24FN3O4S2. The fourth-order valence-electron chi connectivity index (χ4n) is 3.50. The molecule has 1 saturated heterocycles. The van der Waals surface area contributed by atoms with Crippen molar-refractivity contribution in [2.45, 2.75) is 37.2 Å². The number of carbonyl (C=O) groups is 1. The van der Waals surface area contributed by atoms with Gasteiger partial charge >= 0.3 is 0 Å². The highest BCUT2D eigenvalue weighted by Gasteiger charge is 2.21. The summed E-state index contributed by atoms with van der Waals surface area (Å²) in [5.41, 5.74) is 1.92. The number of hydrogen-bond acceptors (Lipinski definition) is 6. The number of rotatable bonds is 8. The number of thiazole rings is 1. The van der Waals surface area contributed by atoms with Crippen molar-refractivity contribution in [2.75, 3.05) is 18.5 Å². The highest BCUT2D eigenvalue weighted by atomic mass is 32.2. The number of aromatic nitrogens is 1. The second-order valence-corrected chi connectivity index (χ2v) is 10.7. The van der Waals surface area contributed by atoms with Crippen LogP contribution < -0.4 is 10.0 Å². The van der Waals surface area contributed by atoms with Gasteiger partial charge in [-0.25, -0.2) is 22.5 Å². The van der Waals surface area contributed by atoms with Gasteiger partial charge in [0, 0.05) is 30.0 Å². The zero-order valence-corrected chi connectivity index (χ0v) is 19.6. The van der Waals surface area contributed by atoms with Crippen LogP contribution in [0.25, 0.3) is 0 Å². The third-order valence-corrected chi connectivity index (χ3v) is 7.82. The molecule has 0 radical (unpaired) electrons. The summed E-state index contributed by atoms with van der Waals surface area (Å²) in [6.45, 7) is 2.69. The molecule has 1 aliphatic heterocycles. The fourth-order valence-corrected chi connectivity index (χ4v) is 5.60. The molecule has 2 heterocycles. The predicted molar refractivity (Wildman–Crippen MR) is 125 cm³/mol. The fraction of sp³-hybridized carbons (Fsp3) is 0.304. The predicted octanol–water partition coefficient (Wildman–Crippen LogP) is 3.89. The normalized spacial score (nSPS) is 16.1. The van der Waals surface area contributed by atoms with E-state index < -0.39 is 15.9 Å². The number of sulfonamides is 1. The van der Waals surface area contributed by atoms with Crippen LogP contribution in [0.3, 0.4) is 0 Å². The van der Waals surface area contributed by atoms with Crippen LogP contribution in [-0.2, 0) is 21.2 Å². The van der Waals surface area contributed by atoms with Crippen molar-refractivity contribution in [2.24, 2.45) is 0 Å². The van der Waals surface area contributed by atoms with E-state index in [1.165, 1.54) is 41.7 Å². The van der Waals surface area contributed by atoms with Gasteiger partial charge in [0.05, 0.1) is 16.7 Å². The van der Waals surface area contributed by atoms with Gasteiger partial charge in [0.1, 0.15) is 5.82 Å². The second kappa shape index (κ2) is 10.1. The van der Waals surface area contributed by atoms with Crippen LogP contribution in [0.5, 0.6) is 0 Å². The minimum atomic E-state index is -3.77. The maximum atomic E-state index is 13.1. The first-order valence-corrected chi connectivity index (χ1v) is 12.8. The van der Waals surface area contributed by atoms with Crippen molar-refractivity contribution in [1.29, 1.82) is 0 Å². The minimum absolute atomic E-state index is 0.0143. The molecule has 7 nitrogen and oxygen atoms in total. The molecule has 1 fully saturated rings. The summed E-state index contributed by atoms with van der Waals surface area (Å²) < 4.78 is 46.4. The molecule has 4 rings (SSSR count). The number of nitrogens with one attached hydrogen (secondary N) is 2. The van der Waals surface area contributed by atoms with Gasteiger partial charge in [-0.15, -0.1) is 11.3 Å². The molecule has 10 heteroatoms. The first-order chi connectivity index (χ1) is 15.8. The summed E-state index contributed by atoms with van der Waals surface area (Å²) >= 11 is 1.33. The zero-order valence-electron chi connectivity index (χ0n) is 18.0. The molecular weight excluding hydrogens is 465 g/mol. The van der Waals surface area contributed by atoms with Gasteiger partial charge in [-0.3, -0.25) is 10.1 Å². The Morgan fingerprint density at radius 1 is 1.24 bits per heavy atom. The number of amides is 1. The van der Waals surface area contributed by atoms with E-state index in [0.717, 1.165) is 29.0 Å². The van der Waals surface area contributed by atoms with Crippen LogP contribution >= 0.6 is 11.3 Å². The molecule has 174 valence electrons. The van der Waals surface area contributed by atoms with Crippen LogP contribution in [0, 0.1) is 12.7 Å².